The molecular weight excluding hydrogens is 396 g/mol. The summed E-state index contributed by atoms with van der Waals surface area (Å²) in [6.07, 6.45) is 5.08. The number of para-hydroxylation sites is 1. The summed E-state index contributed by atoms with van der Waals surface area (Å²) >= 11 is 1.47. The molecular formula is C22H26N6OS. The smallest absolute Gasteiger partial charge is 0.282 e. The molecule has 2 aliphatic rings. The molecule has 2 aliphatic heterocycles. The largest absolute Gasteiger partial charge is 0.355 e. The third kappa shape index (κ3) is 3.96. The monoisotopic (exact) mass is 422 g/mol. The Hall–Kier alpha value is -2.74. The van der Waals surface area contributed by atoms with Crippen molar-refractivity contribution in [1.29, 1.82) is 0 Å². The topological polar surface area (TPSA) is 65.5 Å². The van der Waals surface area contributed by atoms with Gasteiger partial charge in [0.05, 0.1) is 10.2 Å². The van der Waals surface area contributed by atoms with Gasteiger partial charge in [-0.2, -0.15) is 0 Å². The summed E-state index contributed by atoms with van der Waals surface area (Å²) in [4.78, 5) is 23.8. The molecule has 2 fully saturated rings. The Labute approximate surface area is 180 Å². The predicted octanol–water partition coefficient (Wildman–Crippen LogP) is 3.43. The Morgan fingerprint density at radius 1 is 0.767 bits per heavy atom. The van der Waals surface area contributed by atoms with E-state index in [1.807, 2.05) is 29.2 Å². The molecule has 3 aromatic rings. The van der Waals surface area contributed by atoms with Gasteiger partial charge in [-0.1, -0.05) is 25.0 Å². The fraction of sp³-hybridized carbons (Fsp3) is 0.455. The van der Waals surface area contributed by atoms with Gasteiger partial charge in [-0.05, 0) is 37.1 Å². The number of carbonyl (C=O) groups is 1. The van der Waals surface area contributed by atoms with Gasteiger partial charge < -0.3 is 14.7 Å². The second-order valence-corrected chi connectivity index (χ2v) is 8.95. The maximum Gasteiger partial charge on any atom is 0.282 e. The van der Waals surface area contributed by atoms with E-state index in [2.05, 4.69) is 37.1 Å². The maximum atomic E-state index is 12.9. The molecule has 2 aromatic heterocycles. The molecule has 5 rings (SSSR count). The predicted molar refractivity (Wildman–Crippen MR) is 120 cm³/mol. The highest BCUT2D eigenvalue weighted by Crippen LogP contribution is 2.24. The maximum absolute atomic E-state index is 12.9. The zero-order chi connectivity index (χ0) is 20.3. The van der Waals surface area contributed by atoms with Crippen LogP contribution >= 0.6 is 11.3 Å². The van der Waals surface area contributed by atoms with E-state index in [0.717, 1.165) is 48.0 Å². The number of nitrogens with zero attached hydrogens (tertiary/aromatic N) is 6. The van der Waals surface area contributed by atoms with Crippen molar-refractivity contribution < 1.29 is 4.79 Å². The Bertz CT molecular complexity index is 971. The highest BCUT2D eigenvalue weighted by molar-refractivity contribution is 7.20. The fourth-order valence-corrected chi connectivity index (χ4v) is 5.13. The number of thiazole rings is 1. The van der Waals surface area contributed by atoms with E-state index in [9.17, 15) is 4.79 Å². The molecule has 0 saturated carbocycles. The summed E-state index contributed by atoms with van der Waals surface area (Å²) in [5, 5.41) is 9.55. The molecule has 2 saturated heterocycles. The highest BCUT2D eigenvalue weighted by Gasteiger charge is 2.25. The van der Waals surface area contributed by atoms with Gasteiger partial charge >= 0.3 is 0 Å². The molecule has 0 spiro atoms. The molecule has 30 heavy (non-hydrogen) atoms. The Morgan fingerprint density at radius 2 is 1.40 bits per heavy atom. The average Bonchev–Trinajstić information content (AvgIpc) is 3.05. The van der Waals surface area contributed by atoms with Crippen LogP contribution in [-0.2, 0) is 0 Å². The summed E-state index contributed by atoms with van der Waals surface area (Å²) in [7, 11) is 0. The molecule has 0 radical (unpaired) electrons. The molecule has 1 aromatic carbocycles. The zero-order valence-corrected chi connectivity index (χ0v) is 17.9. The molecule has 156 valence electrons. The van der Waals surface area contributed by atoms with Crippen LogP contribution in [-0.4, -0.2) is 65.3 Å². The lowest BCUT2D eigenvalue weighted by Crippen LogP contribution is -2.49. The number of benzene rings is 1. The van der Waals surface area contributed by atoms with Crippen LogP contribution in [0.2, 0.25) is 0 Å². The molecule has 0 aliphatic carbocycles. The van der Waals surface area contributed by atoms with Gasteiger partial charge in [-0.3, -0.25) is 4.79 Å². The number of amides is 1. The molecule has 1 amide bonds. The van der Waals surface area contributed by atoms with Gasteiger partial charge in [0.2, 0.25) is 0 Å². The number of aromatic nitrogens is 3. The minimum Gasteiger partial charge on any atom is -0.355 e. The van der Waals surface area contributed by atoms with Crippen LogP contribution < -0.4 is 9.80 Å². The first-order valence-corrected chi connectivity index (χ1v) is 11.6. The Morgan fingerprint density at radius 3 is 2.03 bits per heavy atom. The van der Waals surface area contributed by atoms with Gasteiger partial charge in [-0.15, -0.1) is 21.5 Å². The molecule has 8 heteroatoms. The molecule has 0 unspecified atom stereocenters. The van der Waals surface area contributed by atoms with Crippen molar-refractivity contribution in [2.24, 2.45) is 0 Å². The van der Waals surface area contributed by atoms with Crippen molar-refractivity contribution in [2.45, 2.75) is 25.7 Å². The first-order chi connectivity index (χ1) is 14.8. The Balaban J connectivity index is 1.20. The van der Waals surface area contributed by atoms with E-state index in [0.29, 0.717) is 18.1 Å². The van der Waals surface area contributed by atoms with Crippen LogP contribution in [0.25, 0.3) is 10.2 Å². The third-order valence-corrected chi connectivity index (χ3v) is 6.96. The summed E-state index contributed by atoms with van der Waals surface area (Å²) in [5.41, 5.74) is 0.893. The molecule has 0 bridgehead atoms. The summed E-state index contributed by atoms with van der Waals surface area (Å²) in [6, 6.07) is 12.1. The van der Waals surface area contributed by atoms with Crippen LogP contribution in [0.4, 0.5) is 11.6 Å². The number of anilines is 2. The van der Waals surface area contributed by atoms with Crippen LogP contribution in [0, 0.1) is 0 Å². The number of hydrogen-bond donors (Lipinski definition) is 0. The van der Waals surface area contributed by atoms with E-state index >= 15 is 0 Å². The second-order valence-electron chi connectivity index (χ2n) is 7.92. The summed E-state index contributed by atoms with van der Waals surface area (Å²) in [6.45, 7) is 5.00. The number of fused-ring (bicyclic) bond motifs is 1. The molecule has 7 nitrogen and oxygen atoms in total. The third-order valence-electron chi connectivity index (χ3n) is 5.93. The van der Waals surface area contributed by atoms with Crippen LogP contribution in [0.5, 0.6) is 0 Å². The first-order valence-electron chi connectivity index (χ1n) is 10.8. The van der Waals surface area contributed by atoms with Gasteiger partial charge in [0.25, 0.3) is 5.91 Å². The zero-order valence-electron chi connectivity index (χ0n) is 17.0. The lowest BCUT2D eigenvalue weighted by Gasteiger charge is -2.34. The van der Waals surface area contributed by atoms with Crippen molar-refractivity contribution in [1.82, 2.24) is 20.1 Å². The van der Waals surface area contributed by atoms with E-state index in [-0.39, 0.29) is 5.91 Å². The van der Waals surface area contributed by atoms with Crippen molar-refractivity contribution in [3.8, 4) is 0 Å². The lowest BCUT2D eigenvalue weighted by molar-refractivity contribution is 0.0746. The van der Waals surface area contributed by atoms with Crippen molar-refractivity contribution >= 4 is 39.1 Å². The van der Waals surface area contributed by atoms with Gasteiger partial charge in [0, 0.05) is 39.3 Å². The van der Waals surface area contributed by atoms with Crippen LogP contribution in [0.15, 0.2) is 36.4 Å². The Kier molecular flexibility index (Phi) is 5.48. The standard InChI is InChI=1S/C22H26N6OS/c29-22(21-23-17-7-3-4-8-18(17)30-21)28-15-13-27(14-16-28)20-10-9-19(24-25-20)26-11-5-1-2-6-12-26/h3-4,7-10H,1-2,5-6,11-16H2. The minimum absolute atomic E-state index is 0.0263. The number of rotatable bonds is 3. The molecule has 0 N–H and O–H groups in total. The quantitative estimate of drug-likeness (QED) is 0.644. The summed E-state index contributed by atoms with van der Waals surface area (Å²) < 4.78 is 1.05. The van der Waals surface area contributed by atoms with Crippen LogP contribution in [0.1, 0.15) is 35.5 Å². The normalized spacial score (nSPS) is 17.9. The average molecular weight is 423 g/mol. The van der Waals surface area contributed by atoms with E-state index in [1.165, 1.54) is 37.0 Å². The van der Waals surface area contributed by atoms with Crippen molar-refractivity contribution in [3.05, 3.63) is 41.4 Å². The highest BCUT2D eigenvalue weighted by atomic mass is 32.1. The van der Waals surface area contributed by atoms with E-state index in [1.54, 1.807) is 0 Å². The van der Waals surface area contributed by atoms with Gasteiger partial charge in [-0.25, -0.2) is 4.98 Å². The number of hydrogen-bond acceptors (Lipinski definition) is 7. The van der Waals surface area contributed by atoms with Crippen molar-refractivity contribution in [3.63, 3.8) is 0 Å². The van der Waals surface area contributed by atoms with E-state index < -0.39 is 0 Å². The number of carbonyl (C=O) groups excluding carboxylic acids is 1. The first kappa shape index (κ1) is 19.2. The SMILES string of the molecule is O=C(c1nc2ccccc2s1)N1CCN(c2ccc(N3CCCCCC3)nn2)CC1. The lowest BCUT2D eigenvalue weighted by atomic mass is 10.2. The minimum atomic E-state index is 0.0263. The number of piperazine rings is 1. The second kappa shape index (κ2) is 8.55. The summed E-state index contributed by atoms with van der Waals surface area (Å²) in [5.74, 6) is 1.89. The van der Waals surface area contributed by atoms with Crippen molar-refractivity contribution in [2.75, 3.05) is 49.1 Å². The van der Waals surface area contributed by atoms with Crippen LogP contribution in [0.3, 0.4) is 0 Å². The van der Waals surface area contributed by atoms with E-state index in [4.69, 9.17) is 0 Å². The molecule has 0 atom stereocenters. The van der Waals surface area contributed by atoms with Gasteiger partial charge in [0.15, 0.2) is 16.6 Å². The molecule has 4 heterocycles. The fourth-order valence-electron chi connectivity index (χ4n) is 4.19. The van der Waals surface area contributed by atoms with Gasteiger partial charge in [0.1, 0.15) is 0 Å².